The van der Waals surface area contributed by atoms with Crippen molar-refractivity contribution < 1.29 is 51.9 Å². The molecule has 0 unspecified atom stereocenters. The van der Waals surface area contributed by atoms with Crippen molar-refractivity contribution in [1.82, 2.24) is 15.0 Å². The standard InChI is InChI=1S/C31H24ClN9O12S4/c1-14-10-25(40-41-28-21-12-17(55(45,46)47)13-27(57(51,52)53)19(21)5-8-26(28)56(48,49)50)15(2)9-24(14)39-38-23-7-6-22(34-31-36-29(32)35-30(33)37-31)18-4-3-16(11-20(18)23)54(42,43)44/h3-13H,1-2H3,(H,42,43,44)(H,45,46,47)(H,48,49,50)(H,51,52,53)(H3,33,34,35,36,37). The van der Waals surface area contributed by atoms with E-state index in [9.17, 15) is 51.9 Å². The van der Waals surface area contributed by atoms with E-state index in [1.54, 1.807) is 19.9 Å². The average molecular weight is 878 g/mol. The zero-order valence-electron chi connectivity index (χ0n) is 28.6. The number of anilines is 2. The van der Waals surface area contributed by atoms with Gasteiger partial charge < -0.3 is 5.32 Å². The summed E-state index contributed by atoms with van der Waals surface area (Å²) in [4.78, 5) is 6.78. The number of H-pyrrole nitrogens is 1. The third-order valence-corrected chi connectivity index (χ3v) is 11.7. The molecule has 6 rings (SSSR count). The molecule has 0 aliphatic rings. The van der Waals surface area contributed by atoms with Gasteiger partial charge in [-0.15, -0.1) is 10.2 Å². The lowest BCUT2D eigenvalue weighted by molar-refractivity contribution is 0.479. The summed E-state index contributed by atoms with van der Waals surface area (Å²) in [6.45, 7) is 3.15. The van der Waals surface area contributed by atoms with Crippen LogP contribution in [0.15, 0.2) is 107 Å². The minimum atomic E-state index is -5.16. The molecule has 0 saturated carbocycles. The summed E-state index contributed by atoms with van der Waals surface area (Å²) in [5, 5.41) is 26.7. The first-order chi connectivity index (χ1) is 26.4. The predicted octanol–water partition coefficient (Wildman–Crippen LogP) is 6.42. The quantitative estimate of drug-likeness (QED) is 0.0576. The van der Waals surface area contributed by atoms with E-state index in [0.29, 0.717) is 34.3 Å². The molecule has 21 nitrogen and oxygen atoms in total. The van der Waals surface area contributed by atoms with Gasteiger partial charge in [-0.3, -0.25) is 28.6 Å². The van der Waals surface area contributed by atoms with Gasteiger partial charge in [0.1, 0.15) is 15.5 Å². The van der Waals surface area contributed by atoms with Crippen molar-refractivity contribution in [2.75, 3.05) is 5.32 Å². The zero-order chi connectivity index (χ0) is 41.8. The Labute approximate surface area is 326 Å². The molecule has 57 heavy (non-hydrogen) atoms. The van der Waals surface area contributed by atoms with E-state index in [1.165, 1.54) is 30.3 Å². The summed E-state index contributed by atoms with van der Waals surface area (Å²) in [6.07, 6.45) is 0. The first-order valence-corrected chi connectivity index (χ1v) is 21.5. The van der Waals surface area contributed by atoms with Crippen molar-refractivity contribution in [3.8, 4) is 0 Å². The van der Waals surface area contributed by atoms with E-state index in [4.69, 9.17) is 17.0 Å². The smallest absolute Gasteiger partial charge is 0.296 e. The first kappa shape index (κ1) is 41.0. The minimum absolute atomic E-state index is 0.0400. The highest BCUT2D eigenvalue weighted by atomic mass is 35.5. The van der Waals surface area contributed by atoms with Crippen molar-refractivity contribution >= 4 is 108 Å². The van der Waals surface area contributed by atoms with Gasteiger partial charge in [0.25, 0.3) is 40.5 Å². The second-order valence-corrected chi connectivity index (χ2v) is 17.9. The molecule has 26 heteroatoms. The molecule has 0 bridgehead atoms. The van der Waals surface area contributed by atoms with Gasteiger partial charge in [-0.1, -0.05) is 12.1 Å². The second kappa shape index (κ2) is 14.7. The van der Waals surface area contributed by atoms with E-state index < -0.39 is 76.5 Å². The lowest BCUT2D eigenvalue weighted by Gasteiger charge is -2.12. The Kier molecular flexibility index (Phi) is 10.6. The Morgan fingerprint density at radius 1 is 0.596 bits per heavy atom. The minimum Gasteiger partial charge on any atom is -0.325 e. The molecular weight excluding hydrogens is 854 g/mol. The first-order valence-electron chi connectivity index (χ1n) is 15.4. The molecule has 0 aliphatic carbocycles. The molecule has 6 aromatic rings. The Balaban J connectivity index is 1.44. The van der Waals surface area contributed by atoms with E-state index in [-0.39, 0.29) is 39.3 Å². The van der Waals surface area contributed by atoms with Crippen LogP contribution in [0.25, 0.3) is 21.5 Å². The van der Waals surface area contributed by atoms with Crippen LogP contribution in [-0.2, 0) is 40.5 Å². The summed E-state index contributed by atoms with van der Waals surface area (Å²) in [5.41, 5.74) is 0.606. The van der Waals surface area contributed by atoms with Gasteiger partial charge in [-0.05, 0) is 91.2 Å². The van der Waals surface area contributed by atoms with Crippen LogP contribution in [0.2, 0.25) is 5.28 Å². The maximum Gasteiger partial charge on any atom is 0.296 e. The van der Waals surface area contributed by atoms with Crippen molar-refractivity contribution in [2.24, 2.45) is 20.5 Å². The number of benzene rings is 5. The predicted molar refractivity (Wildman–Crippen MR) is 202 cm³/mol. The van der Waals surface area contributed by atoms with E-state index in [1.807, 2.05) is 0 Å². The van der Waals surface area contributed by atoms with Gasteiger partial charge in [0.15, 0.2) is 0 Å². The molecular formula is C31H24ClN9O12S4. The number of hydrogen-bond acceptors (Lipinski definition) is 16. The van der Waals surface area contributed by atoms with Crippen LogP contribution in [0.5, 0.6) is 0 Å². The maximum absolute atomic E-state index is 12.3. The SMILES string of the molecule is Cc1cc(N=Nc2c(S(=O)(=O)O)ccc3c(S(=O)(=O)O)cc(S(=O)(=O)O)cc23)c(C)cc1N=Nc1ccc(Nc2nc(Cl)nc(=N)[nH]2)c2ccc(S(=O)(=O)O)cc12. The van der Waals surface area contributed by atoms with Crippen LogP contribution in [0, 0.1) is 19.3 Å². The highest BCUT2D eigenvalue weighted by Gasteiger charge is 2.26. The zero-order valence-corrected chi connectivity index (χ0v) is 32.6. The van der Waals surface area contributed by atoms with Gasteiger partial charge >= 0.3 is 0 Å². The van der Waals surface area contributed by atoms with Crippen molar-refractivity contribution in [3.63, 3.8) is 0 Å². The fourth-order valence-electron chi connectivity index (χ4n) is 5.46. The lowest BCUT2D eigenvalue weighted by atomic mass is 10.1. The van der Waals surface area contributed by atoms with Gasteiger partial charge in [-0.2, -0.15) is 53.9 Å². The molecule has 5 aromatic carbocycles. The third-order valence-electron chi connectivity index (χ3n) is 8.06. The van der Waals surface area contributed by atoms with Crippen LogP contribution in [-0.4, -0.2) is 66.8 Å². The Morgan fingerprint density at radius 2 is 1.16 bits per heavy atom. The van der Waals surface area contributed by atoms with Gasteiger partial charge in [0.05, 0.1) is 26.9 Å². The van der Waals surface area contributed by atoms with Crippen molar-refractivity contribution in [3.05, 3.63) is 88.8 Å². The van der Waals surface area contributed by atoms with E-state index >= 15 is 0 Å². The number of aryl methyl sites for hydroxylation is 2. The Morgan fingerprint density at radius 3 is 1.74 bits per heavy atom. The molecule has 0 amide bonds. The summed E-state index contributed by atoms with van der Waals surface area (Å²) in [5.74, 6) is 0.0400. The highest BCUT2D eigenvalue weighted by Crippen LogP contribution is 2.40. The van der Waals surface area contributed by atoms with Crippen LogP contribution in [0.3, 0.4) is 0 Å². The number of aromatic nitrogens is 3. The van der Waals surface area contributed by atoms with Crippen LogP contribution < -0.4 is 10.9 Å². The fourth-order valence-corrected chi connectivity index (χ4v) is 8.11. The summed E-state index contributed by atoms with van der Waals surface area (Å²) in [6, 6.07) is 12.5. The molecule has 0 fully saturated rings. The second-order valence-electron chi connectivity index (χ2n) is 11.9. The van der Waals surface area contributed by atoms with E-state index in [0.717, 1.165) is 18.2 Å². The molecule has 0 atom stereocenters. The number of halogens is 1. The summed E-state index contributed by atoms with van der Waals surface area (Å²) < 4.78 is 136. The highest BCUT2D eigenvalue weighted by molar-refractivity contribution is 7.87. The number of rotatable bonds is 10. The van der Waals surface area contributed by atoms with Crippen LogP contribution in [0.4, 0.5) is 34.4 Å². The third kappa shape index (κ3) is 8.85. The molecule has 0 radical (unpaired) electrons. The molecule has 1 heterocycles. The number of fused-ring (bicyclic) bond motifs is 2. The number of azo groups is 2. The van der Waals surface area contributed by atoms with E-state index in [2.05, 4.69) is 40.7 Å². The maximum atomic E-state index is 12.3. The lowest BCUT2D eigenvalue weighted by Crippen LogP contribution is -2.14. The summed E-state index contributed by atoms with van der Waals surface area (Å²) >= 11 is 5.87. The Bertz CT molecular complexity index is 3290. The fraction of sp³-hybridized carbons (Fsp3) is 0.0645. The average Bonchev–Trinajstić information content (AvgIpc) is 3.08. The monoisotopic (exact) mass is 877 g/mol. The van der Waals surface area contributed by atoms with Crippen LogP contribution >= 0.6 is 11.6 Å². The summed E-state index contributed by atoms with van der Waals surface area (Å²) in [7, 11) is -20.0. The topological polar surface area (TPSA) is 344 Å². The number of nitrogens with zero attached hydrogens (tertiary/aromatic N) is 6. The number of nitrogens with one attached hydrogen (secondary N) is 3. The van der Waals surface area contributed by atoms with Crippen molar-refractivity contribution in [2.45, 2.75) is 33.4 Å². The number of hydrogen-bond donors (Lipinski definition) is 7. The molecule has 296 valence electrons. The normalized spacial score (nSPS) is 13.0. The largest absolute Gasteiger partial charge is 0.325 e. The van der Waals surface area contributed by atoms with Crippen LogP contribution in [0.1, 0.15) is 11.1 Å². The molecule has 0 saturated heterocycles. The molecule has 1 aromatic heterocycles. The molecule has 0 spiro atoms. The van der Waals surface area contributed by atoms with Gasteiger partial charge in [-0.25, -0.2) is 0 Å². The van der Waals surface area contributed by atoms with Gasteiger partial charge in [0, 0.05) is 27.2 Å². The Hall–Kier alpha value is -5.64. The van der Waals surface area contributed by atoms with Gasteiger partial charge in [0.2, 0.25) is 16.9 Å². The molecule has 7 N–H and O–H groups in total. The number of aromatic amines is 1. The van der Waals surface area contributed by atoms with Crippen molar-refractivity contribution in [1.29, 1.82) is 5.41 Å². The molecule has 0 aliphatic heterocycles.